The number of likely N-dealkylation sites (N-methyl/N-ethyl adjacent to an activating group) is 1. The first-order valence-electron chi connectivity index (χ1n) is 7.08. The first kappa shape index (κ1) is 18.9. The van der Waals surface area contributed by atoms with Crippen LogP contribution in [0.25, 0.3) is 0 Å². The van der Waals surface area contributed by atoms with Gasteiger partial charge < -0.3 is 10.5 Å². The van der Waals surface area contributed by atoms with Gasteiger partial charge in [-0.3, -0.25) is 19.8 Å². The Balaban J connectivity index is 2.51. The van der Waals surface area contributed by atoms with Gasteiger partial charge in [0, 0.05) is 11.6 Å². The number of urea groups is 1. The number of primary amides is 1. The molecule has 0 fully saturated rings. The van der Waals surface area contributed by atoms with E-state index in [-0.39, 0.29) is 6.54 Å². The molecule has 3 N–H and O–H groups in total. The Hall–Kier alpha value is -2.12. The first-order valence-corrected chi connectivity index (χ1v) is 7.46. The van der Waals surface area contributed by atoms with E-state index in [0.717, 1.165) is 5.56 Å². The highest BCUT2D eigenvalue weighted by Crippen LogP contribution is 2.11. The minimum absolute atomic E-state index is 0.0211. The maximum atomic E-state index is 11.9. The Morgan fingerprint density at radius 1 is 1.30 bits per heavy atom. The number of nitrogens with two attached hydrogens (primary N) is 1. The van der Waals surface area contributed by atoms with Gasteiger partial charge in [0.15, 0.2) is 6.10 Å². The van der Waals surface area contributed by atoms with Crippen LogP contribution in [0.15, 0.2) is 24.3 Å². The van der Waals surface area contributed by atoms with Gasteiger partial charge in [-0.2, -0.15) is 0 Å². The number of carbonyl (C=O) groups is 3. The minimum Gasteiger partial charge on any atom is -0.452 e. The molecule has 0 aromatic heterocycles. The fourth-order valence-corrected chi connectivity index (χ4v) is 1.95. The van der Waals surface area contributed by atoms with Gasteiger partial charge in [-0.1, -0.05) is 30.7 Å². The molecule has 0 heterocycles. The average molecular weight is 342 g/mol. The zero-order chi connectivity index (χ0) is 17.4. The lowest BCUT2D eigenvalue weighted by molar-refractivity contribution is -0.155. The molecule has 1 aromatic carbocycles. The fraction of sp³-hybridized carbons (Fsp3) is 0.400. The molecule has 0 aliphatic rings. The standard InChI is InChI=1S/C15H20ClN3O4/c1-3-19(8-11-4-6-12(16)7-5-11)9-13(20)23-10(2)14(21)18-15(17)22/h4-7,10H,3,8-9H2,1-2H3,(H3,17,18,21,22)/t10-/m1/s1. The SMILES string of the molecule is CCN(CC(=O)O[C@H](C)C(=O)NC(N)=O)Cc1ccc(Cl)cc1. The minimum atomic E-state index is -1.09. The molecular weight excluding hydrogens is 322 g/mol. The molecule has 1 atom stereocenters. The van der Waals surface area contributed by atoms with Crippen LogP contribution in [-0.2, 0) is 20.9 Å². The van der Waals surface area contributed by atoms with E-state index in [1.54, 1.807) is 12.1 Å². The molecule has 0 saturated heterocycles. The molecule has 23 heavy (non-hydrogen) atoms. The van der Waals surface area contributed by atoms with Crippen LogP contribution >= 0.6 is 11.6 Å². The van der Waals surface area contributed by atoms with Crippen LogP contribution in [0.2, 0.25) is 5.02 Å². The van der Waals surface area contributed by atoms with Crippen LogP contribution in [0.4, 0.5) is 4.79 Å². The Bertz CT molecular complexity index is 562. The quantitative estimate of drug-likeness (QED) is 0.727. The van der Waals surface area contributed by atoms with Gasteiger partial charge in [-0.05, 0) is 31.2 Å². The Morgan fingerprint density at radius 2 is 1.91 bits per heavy atom. The van der Waals surface area contributed by atoms with Gasteiger partial charge in [0.05, 0.1) is 6.54 Å². The van der Waals surface area contributed by atoms with E-state index in [0.29, 0.717) is 18.1 Å². The molecule has 126 valence electrons. The van der Waals surface area contributed by atoms with Gasteiger partial charge in [0.25, 0.3) is 5.91 Å². The maximum absolute atomic E-state index is 11.9. The zero-order valence-corrected chi connectivity index (χ0v) is 13.8. The predicted molar refractivity (Wildman–Crippen MR) is 85.7 cm³/mol. The zero-order valence-electron chi connectivity index (χ0n) is 13.0. The highest BCUT2D eigenvalue weighted by molar-refractivity contribution is 6.30. The predicted octanol–water partition coefficient (Wildman–Crippen LogP) is 1.29. The number of esters is 1. The third-order valence-electron chi connectivity index (χ3n) is 3.04. The number of hydrogen-bond donors (Lipinski definition) is 2. The lowest BCUT2D eigenvalue weighted by Gasteiger charge is -2.20. The van der Waals surface area contributed by atoms with Crippen molar-refractivity contribution in [2.45, 2.75) is 26.5 Å². The molecule has 0 aliphatic heterocycles. The summed E-state index contributed by atoms with van der Waals surface area (Å²) in [5, 5.41) is 2.50. The smallest absolute Gasteiger partial charge is 0.320 e. The van der Waals surface area contributed by atoms with Crippen molar-refractivity contribution in [1.29, 1.82) is 0 Å². The fourth-order valence-electron chi connectivity index (χ4n) is 1.82. The number of rotatable bonds is 7. The molecule has 0 bridgehead atoms. The van der Waals surface area contributed by atoms with Gasteiger partial charge in [-0.15, -0.1) is 0 Å². The number of imide groups is 1. The molecule has 0 aliphatic carbocycles. The van der Waals surface area contributed by atoms with Crippen molar-refractivity contribution in [3.63, 3.8) is 0 Å². The second-order valence-corrected chi connectivity index (χ2v) is 5.35. The van der Waals surface area contributed by atoms with E-state index in [4.69, 9.17) is 22.1 Å². The molecule has 0 unspecified atom stereocenters. The van der Waals surface area contributed by atoms with E-state index >= 15 is 0 Å². The lowest BCUT2D eigenvalue weighted by atomic mass is 10.2. The first-order chi connectivity index (χ1) is 10.8. The van der Waals surface area contributed by atoms with Crippen molar-refractivity contribution < 1.29 is 19.1 Å². The Morgan fingerprint density at radius 3 is 2.43 bits per heavy atom. The normalized spacial score (nSPS) is 11.8. The summed E-state index contributed by atoms with van der Waals surface area (Å²) in [6.45, 7) is 4.47. The summed E-state index contributed by atoms with van der Waals surface area (Å²) >= 11 is 5.83. The number of nitrogens with one attached hydrogen (secondary N) is 1. The molecular formula is C15H20ClN3O4. The Labute approximate surface area is 139 Å². The summed E-state index contributed by atoms with van der Waals surface area (Å²) in [7, 11) is 0. The maximum Gasteiger partial charge on any atom is 0.320 e. The number of halogens is 1. The lowest BCUT2D eigenvalue weighted by Crippen LogP contribution is -2.43. The van der Waals surface area contributed by atoms with Gasteiger partial charge in [0.1, 0.15) is 0 Å². The molecule has 1 aromatic rings. The summed E-state index contributed by atoms with van der Waals surface area (Å²) in [5.41, 5.74) is 5.84. The van der Waals surface area contributed by atoms with Crippen LogP contribution in [0.1, 0.15) is 19.4 Å². The molecule has 0 saturated carbocycles. The van der Waals surface area contributed by atoms with Crippen LogP contribution in [-0.4, -0.2) is 42.0 Å². The summed E-state index contributed by atoms with van der Waals surface area (Å²) < 4.78 is 4.98. The molecule has 0 spiro atoms. The average Bonchev–Trinajstić information content (AvgIpc) is 2.47. The number of ether oxygens (including phenoxy) is 1. The van der Waals surface area contributed by atoms with Crippen LogP contribution < -0.4 is 11.1 Å². The van der Waals surface area contributed by atoms with Crippen molar-refractivity contribution in [1.82, 2.24) is 10.2 Å². The molecule has 3 amide bonds. The molecule has 7 nitrogen and oxygen atoms in total. The summed E-state index contributed by atoms with van der Waals surface area (Å²) in [4.78, 5) is 35.8. The van der Waals surface area contributed by atoms with Crippen molar-refractivity contribution in [3.8, 4) is 0 Å². The van der Waals surface area contributed by atoms with E-state index in [1.165, 1.54) is 6.92 Å². The summed E-state index contributed by atoms with van der Waals surface area (Å²) in [5.74, 6) is -1.32. The highest BCUT2D eigenvalue weighted by Gasteiger charge is 2.20. The number of amides is 3. The molecule has 8 heteroatoms. The van der Waals surface area contributed by atoms with Crippen molar-refractivity contribution in [2.75, 3.05) is 13.1 Å². The third-order valence-corrected chi connectivity index (χ3v) is 3.30. The van der Waals surface area contributed by atoms with Crippen LogP contribution in [0.5, 0.6) is 0 Å². The number of benzene rings is 1. The van der Waals surface area contributed by atoms with Gasteiger partial charge >= 0.3 is 12.0 Å². The molecule has 0 radical (unpaired) electrons. The van der Waals surface area contributed by atoms with Crippen molar-refractivity contribution >= 4 is 29.5 Å². The van der Waals surface area contributed by atoms with Crippen LogP contribution in [0.3, 0.4) is 0 Å². The number of carbonyl (C=O) groups excluding carboxylic acids is 3. The highest BCUT2D eigenvalue weighted by atomic mass is 35.5. The van der Waals surface area contributed by atoms with Gasteiger partial charge in [0.2, 0.25) is 0 Å². The second kappa shape index (κ2) is 9.12. The van der Waals surface area contributed by atoms with Crippen molar-refractivity contribution in [2.24, 2.45) is 5.73 Å². The van der Waals surface area contributed by atoms with E-state index < -0.39 is 24.0 Å². The second-order valence-electron chi connectivity index (χ2n) is 4.92. The Kier molecular flexibility index (Phi) is 7.50. The van der Waals surface area contributed by atoms with Crippen LogP contribution in [0, 0.1) is 0 Å². The molecule has 1 rings (SSSR count). The number of hydrogen-bond acceptors (Lipinski definition) is 5. The summed E-state index contributed by atoms with van der Waals surface area (Å²) in [6, 6.07) is 6.31. The van der Waals surface area contributed by atoms with E-state index in [2.05, 4.69) is 0 Å². The van der Waals surface area contributed by atoms with Crippen molar-refractivity contribution in [3.05, 3.63) is 34.9 Å². The topological polar surface area (TPSA) is 102 Å². The summed E-state index contributed by atoms with van der Waals surface area (Å²) in [6.07, 6.45) is -1.09. The largest absolute Gasteiger partial charge is 0.452 e. The van der Waals surface area contributed by atoms with Gasteiger partial charge in [-0.25, -0.2) is 4.79 Å². The number of nitrogens with zero attached hydrogens (tertiary/aromatic N) is 1. The monoisotopic (exact) mass is 341 g/mol. The van der Waals surface area contributed by atoms with E-state index in [9.17, 15) is 14.4 Å². The van der Waals surface area contributed by atoms with E-state index in [1.807, 2.05) is 29.3 Å². The third kappa shape index (κ3) is 7.12.